The van der Waals surface area contributed by atoms with E-state index in [0.29, 0.717) is 17.4 Å². The monoisotopic (exact) mass is 365 g/mol. The quantitative estimate of drug-likeness (QED) is 0.791. The fourth-order valence-electron chi connectivity index (χ4n) is 2.49. The predicted molar refractivity (Wildman–Crippen MR) is 103 cm³/mol. The first kappa shape index (κ1) is 20.1. The number of carbonyl (C=O) groups is 2. The highest BCUT2D eigenvalue weighted by molar-refractivity contribution is 5.74. The Morgan fingerprint density at radius 2 is 1.63 bits per heavy atom. The maximum atomic E-state index is 11.9. The van der Waals surface area contributed by atoms with Gasteiger partial charge in [-0.2, -0.15) is 5.26 Å². The molecule has 0 heterocycles. The van der Waals surface area contributed by atoms with E-state index in [0.717, 1.165) is 11.1 Å². The Morgan fingerprint density at radius 3 is 2.07 bits per heavy atom. The van der Waals surface area contributed by atoms with E-state index < -0.39 is 23.8 Å². The molecule has 27 heavy (non-hydrogen) atoms. The first-order valence-electron chi connectivity index (χ1n) is 8.54. The summed E-state index contributed by atoms with van der Waals surface area (Å²) in [6, 6.07) is 15.1. The van der Waals surface area contributed by atoms with Crippen LogP contribution < -0.4 is 11.1 Å². The van der Waals surface area contributed by atoms with Crippen LogP contribution in [-0.2, 0) is 9.53 Å². The van der Waals surface area contributed by atoms with Gasteiger partial charge in [0, 0.05) is 0 Å². The number of carbonyl (C=O) groups excluding carboxylic acids is 2. The molecule has 6 nitrogen and oxygen atoms in total. The van der Waals surface area contributed by atoms with Crippen molar-refractivity contribution in [3.63, 3.8) is 0 Å². The van der Waals surface area contributed by atoms with Gasteiger partial charge >= 0.3 is 6.09 Å². The van der Waals surface area contributed by atoms with Gasteiger partial charge in [-0.25, -0.2) is 4.79 Å². The number of benzene rings is 2. The normalized spacial score (nSPS) is 13.1. The Balaban J connectivity index is 2.10. The molecule has 2 atom stereocenters. The second kappa shape index (κ2) is 8.47. The van der Waals surface area contributed by atoms with E-state index in [9.17, 15) is 9.59 Å². The van der Waals surface area contributed by atoms with Gasteiger partial charge in [0.05, 0.1) is 17.7 Å². The Kier molecular flexibility index (Phi) is 6.32. The van der Waals surface area contributed by atoms with Gasteiger partial charge in [-0.05, 0) is 49.6 Å². The summed E-state index contributed by atoms with van der Waals surface area (Å²) in [4.78, 5) is 23.3. The Morgan fingerprint density at radius 1 is 1.11 bits per heavy atom. The summed E-state index contributed by atoms with van der Waals surface area (Å²) >= 11 is 0. The highest BCUT2D eigenvalue weighted by Gasteiger charge is 2.24. The van der Waals surface area contributed by atoms with Crippen molar-refractivity contribution >= 4 is 12.4 Å². The average Bonchev–Trinajstić information content (AvgIpc) is 2.64. The number of hydrogen-bond donors (Lipinski definition) is 2. The number of nitrogens with two attached hydrogens (primary N) is 1. The SMILES string of the molecule is CC(C)(C)OC(=O)NC(C=O)C(N)c1ccc(-c2ccc(C#N)cc2)cc1. The lowest BCUT2D eigenvalue weighted by atomic mass is 9.97. The van der Waals surface area contributed by atoms with Crippen LogP contribution >= 0.6 is 0 Å². The molecule has 0 spiro atoms. The summed E-state index contributed by atoms with van der Waals surface area (Å²) < 4.78 is 5.16. The zero-order chi connectivity index (χ0) is 20.0. The molecule has 2 aromatic carbocycles. The van der Waals surface area contributed by atoms with Gasteiger partial charge in [0.2, 0.25) is 0 Å². The fourth-order valence-corrected chi connectivity index (χ4v) is 2.49. The zero-order valence-corrected chi connectivity index (χ0v) is 15.6. The summed E-state index contributed by atoms with van der Waals surface area (Å²) in [5, 5.41) is 11.4. The number of nitriles is 1. The number of rotatable bonds is 5. The molecule has 6 heteroatoms. The molecule has 0 radical (unpaired) electrons. The van der Waals surface area contributed by atoms with E-state index in [-0.39, 0.29) is 0 Å². The van der Waals surface area contributed by atoms with E-state index in [1.165, 1.54) is 0 Å². The molecule has 2 aromatic rings. The molecule has 0 aliphatic heterocycles. The van der Waals surface area contributed by atoms with Crippen LogP contribution in [0.1, 0.15) is 37.9 Å². The van der Waals surface area contributed by atoms with Crippen molar-refractivity contribution in [2.45, 2.75) is 38.5 Å². The van der Waals surface area contributed by atoms with Gasteiger partial charge in [-0.1, -0.05) is 36.4 Å². The summed E-state index contributed by atoms with van der Waals surface area (Å²) in [7, 11) is 0. The van der Waals surface area contributed by atoms with Gasteiger partial charge in [0.1, 0.15) is 17.9 Å². The standard InChI is InChI=1S/C21H23N3O3/c1-21(2,3)27-20(26)24-18(13-25)19(23)17-10-8-16(9-11-17)15-6-4-14(12-22)5-7-15/h4-11,13,18-19H,23H2,1-3H3,(H,24,26). The van der Waals surface area contributed by atoms with Crippen LogP contribution in [0.15, 0.2) is 48.5 Å². The molecule has 3 N–H and O–H groups in total. The number of amides is 1. The third-order valence-electron chi connectivity index (χ3n) is 3.86. The minimum absolute atomic E-state index is 0.597. The van der Waals surface area contributed by atoms with E-state index in [4.69, 9.17) is 15.7 Å². The van der Waals surface area contributed by atoms with Crippen molar-refractivity contribution in [2.24, 2.45) is 5.73 Å². The third-order valence-corrected chi connectivity index (χ3v) is 3.86. The van der Waals surface area contributed by atoms with Gasteiger partial charge in [0.15, 0.2) is 0 Å². The first-order chi connectivity index (χ1) is 12.7. The van der Waals surface area contributed by atoms with E-state index in [1.54, 1.807) is 32.9 Å². The molecule has 0 saturated carbocycles. The van der Waals surface area contributed by atoms with Crippen molar-refractivity contribution in [1.29, 1.82) is 5.26 Å². The molecule has 1 amide bonds. The van der Waals surface area contributed by atoms with Gasteiger partial charge in [-0.15, -0.1) is 0 Å². The molecule has 0 saturated heterocycles. The summed E-state index contributed by atoms with van der Waals surface area (Å²) in [5.41, 5.74) is 8.72. The zero-order valence-electron chi connectivity index (χ0n) is 15.6. The highest BCUT2D eigenvalue weighted by Crippen LogP contribution is 2.23. The number of nitrogens with one attached hydrogen (secondary N) is 1. The molecule has 2 unspecified atom stereocenters. The molecule has 2 rings (SSSR count). The second-order valence-corrected chi connectivity index (χ2v) is 7.15. The number of alkyl carbamates (subject to hydrolysis) is 1. The minimum Gasteiger partial charge on any atom is -0.444 e. The van der Waals surface area contributed by atoms with E-state index in [1.807, 2.05) is 36.4 Å². The molecule has 0 bridgehead atoms. The number of nitrogens with zero attached hydrogens (tertiary/aromatic N) is 1. The fraction of sp³-hybridized carbons (Fsp3) is 0.286. The van der Waals surface area contributed by atoms with Crippen LogP contribution in [-0.4, -0.2) is 24.0 Å². The van der Waals surface area contributed by atoms with Crippen molar-refractivity contribution < 1.29 is 14.3 Å². The molecule has 140 valence electrons. The molecule has 0 fully saturated rings. The van der Waals surface area contributed by atoms with Crippen LogP contribution in [0, 0.1) is 11.3 Å². The van der Waals surface area contributed by atoms with Crippen LogP contribution in [0.2, 0.25) is 0 Å². The van der Waals surface area contributed by atoms with Crippen LogP contribution in [0.25, 0.3) is 11.1 Å². The predicted octanol–water partition coefficient (Wildman–Crippen LogP) is 3.32. The topological polar surface area (TPSA) is 105 Å². The number of aldehydes is 1. The molecule has 0 aliphatic carbocycles. The first-order valence-corrected chi connectivity index (χ1v) is 8.54. The number of ether oxygens (including phenoxy) is 1. The summed E-state index contributed by atoms with van der Waals surface area (Å²) in [6.07, 6.45) is -0.0902. The van der Waals surface area contributed by atoms with Crippen LogP contribution in [0.4, 0.5) is 4.79 Å². The Bertz CT molecular complexity index is 831. The summed E-state index contributed by atoms with van der Waals surface area (Å²) in [5.74, 6) is 0. The van der Waals surface area contributed by atoms with Crippen molar-refractivity contribution in [3.8, 4) is 17.2 Å². The number of hydrogen-bond acceptors (Lipinski definition) is 5. The molecular weight excluding hydrogens is 342 g/mol. The lowest BCUT2D eigenvalue weighted by Crippen LogP contribution is -2.45. The molecular formula is C21H23N3O3. The van der Waals surface area contributed by atoms with Crippen molar-refractivity contribution in [2.75, 3.05) is 0 Å². The maximum Gasteiger partial charge on any atom is 0.408 e. The minimum atomic E-state index is -0.902. The van der Waals surface area contributed by atoms with Crippen molar-refractivity contribution in [1.82, 2.24) is 5.32 Å². The second-order valence-electron chi connectivity index (χ2n) is 7.15. The lowest BCUT2D eigenvalue weighted by Gasteiger charge is -2.24. The van der Waals surface area contributed by atoms with Crippen molar-refractivity contribution in [3.05, 3.63) is 59.7 Å². The van der Waals surface area contributed by atoms with Gasteiger partial charge in [-0.3, -0.25) is 0 Å². The highest BCUT2D eigenvalue weighted by atomic mass is 16.6. The average molecular weight is 365 g/mol. The Labute approximate surface area is 158 Å². The summed E-state index contributed by atoms with van der Waals surface area (Å²) in [6.45, 7) is 5.22. The van der Waals surface area contributed by atoms with Gasteiger partial charge < -0.3 is 20.6 Å². The third kappa shape index (κ3) is 5.66. The lowest BCUT2D eigenvalue weighted by molar-refractivity contribution is -0.110. The smallest absolute Gasteiger partial charge is 0.408 e. The van der Waals surface area contributed by atoms with E-state index >= 15 is 0 Å². The largest absolute Gasteiger partial charge is 0.444 e. The van der Waals surface area contributed by atoms with E-state index in [2.05, 4.69) is 11.4 Å². The Hall–Kier alpha value is -3.17. The van der Waals surface area contributed by atoms with Gasteiger partial charge in [0.25, 0.3) is 0 Å². The maximum absolute atomic E-state index is 11.9. The van der Waals surface area contributed by atoms with Crippen LogP contribution in [0.3, 0.4) is 0 Å². The molecule has 0 aromatic heterocycles. The molecule has 0 aliphatic rings. The van der Waals surface area contributed by atoms with Crippen LogP contribution in [0.5, 0.6) is 0 Å².